The molecule has 1 aromatic heterocycles. The Labute approximate surface area is 290 Å². The van der Waals surface area contributed by atoms with Gasteiger partial charge < -0.3 is 30.3 Å². The summed E-state index contributed by atoms with van der Waals surface area (Å²) in [5.74, 6) is -0.142. The maximum Gasteiger partial charge on any atom is 0.416 e. The number of amides is 1. The number of ether oxygens (including phenoxy) is 2. The molecule has 4 aliphatic heterocycles. The molecule has 0 bridgehead atoms. The molecule has 4 aliphatic rings. The van der Waals surface area contributed by atoms with Crippen LogP contribution in [0.1, 0.15) is 54.2 Å². The second-order valence-electron chi connectivity index (χ2n) is 13.4. The van der Waals surface area contributed by atoms with Gasteiger partial charge in [0.1, 0.15) is 28.9 Å². The number of anilines is 2. The summed E-state index contributed by atoms with van der Waals surface area (Å²) in [7, 11) is 3.05. The van der Waals surface area contributed by atoms with Gasteiger partial charge in [0.25, 0.3) is 12.0 Å². The molecule has 3 saturated heterocycles. The molecule has 0 spiro atoms. The number of fused-ring (bicyclic) bond motifs is 2. The average Bonchev–Trinajstić information content (AvgIpc) is 3.53. The van der Waals surface area contributed by atoms with Gasteiger partial charge in [0, 0.05) is 56.9 Å². The highest BCUT2D eigenvalue weighted by Gasteiger charge is 2.48. The van der Waals surface area contributed by atoms with E-state index in [1.54, 1.807) is 0 Å². The summed E-state index contributed by atoms with van der Waals surface area (Å²) in [6.45, 7) is 2.01. The third kappa shape index (κ3) is 7.16. The number of nitrogen functional groups attached to an aromatic ring is 1. The van der Waals surface area contributed by atoms with E-state index in [9.17, 15) is 26.7 Å². The summed E-state index contributed by atoms with van der Waals surface area (Å²) < 4.78 is 81.8. The molecule has 2 aromatic rings. The van der Waals surface area contributed by atoms with Crippen LogP contribution in [0, 0.1) is 5.41 Å². The molecule has 6 rings (SSSR count). The fourth-order valence-electron chi connectivity index (χ4n) is 7.25. The van der Waals surface area contributed by atoms with Gasteiger partial charge in [0.05, 0.1) is 42.6 Å². The minimum Gasteiger partial charge on any atom is -0.461 e. The maximum absolute atomic E-state index is 14.1. The molecule has 270 valence electrons. The van der Waals surface area contributed by atoms with E-state index in [0.717, 1.165) is 12.5 Å². The van der Waals surface area contributed by atoms with Crippen LogP contribution in [-0.2, 0) is 28.7 Å². The van der Waals surface area contributed by atoms with Gasteiger partial charge in [-0.3, -0.25) is 15.1 Å². The molecule has 3 fully saturated rings. The number of rotatable bonds is 7. The highest BCUT2D eigenvalue weighted by atomic mass is 35.5. The second kappa shape index (κ2) is 14.0. The van der Waals surface area contributed by atoms with Crippen molar-refractivity contribution in [2.75, 3.05) is 64.1 Å². The third-order valence-corrected chi connectivity index (χ3v) is 10.2. The maximum atomic E-state index is 14.1. The Morgan fingerprint density at radius 1 is 1.22 bits per heavy atom. The lowest BCUT2D eigenvalue weighted by molar-refractivity contribution is -0.605. The molecule has 0 aliphatic carbocycles. The summed E-state index contributed by atoms with van der Waals surface area (Å²) >= 11 is 6.61. The second-order valence-corrected chi connectivity index (χ2v) is 13.7. The molecular weight excluding hydrogens is 687 g/mol. The first-order valence-corrected chi connectivity index (χ1v) is 16.7. The van der Waals surface area contributed by atoms with Gasteiger partial charge in [-0.05, 0) is 49.6 Å². The Kier molecular flexibility index (Phi) is 10.1. The van der Waals surface area contributed by atoms with E-state index in [2.05, 4.69) is 4.98 Å². The number of nitrogens with one attached hydrogen (secondary N) is 1. The van der Waals surface area contributed by atoms with Crippen molar-refractivity contribution in [1.82, 2.24) is 19.8 Å². The summed E-state index contributed by atoms with van der Waals surface area (Å²) in [6, 6.07) is 3.35. The monoisotopic (exact) mass is 725 g/mol. The van der Waals surface area contributed by atoms with Crippen molar-refractivity contribution < 1.29 is 41.5 Å². The van der Waals surface area contributed by atoms with E-state index in [1.165, 1.54) is 31.1 Å². The van der Waals surface area contributed by atoms with Gasteiger partial charge in [-0.15, -0.1) is 0 Å². The van der Waals surface area contributed by atoms with Gasteiger partial charge >= 0.3 is 12.2 Å². The van der Waals surface area contributed by atoms with Gasteiger partial charge in [-0.1, -0.05) is 11.6 Å². The van der Waals surface area contributed by atoms with E-state index >= 15 is 0 Å². The van der Waals surface area contributed by atoms with E-state index in [0.29, 0.717) is 55.2 Å². The number of carbonyl (C=O) groups excluding carboxylic acids is 1. The van der Waals surface area contributed by atoms with Gasteiger partial charge in [0.15, 0.2) is 0 Å². The van der Waals surface area contributed by atoms with E-state index in [4.69, 9.17) is 37.2 Å². The first kappa shape index (κ1) is 35.9. The highest BCUT2D eigenvalue weighted by Crippen LogP contribution is 2.44. The number of hydrogen-bond acceptors (Lipinski definition) is 9. The van der Waals surface area contributed by atoms with Crippen molar-refractivity contribution in [2.24, 2.45) is 0 Å². The number of carbonyl (C=O) groups is 1. The summed E-state index contributed by atoms with van der Waals surface area (Å²) in [4.78, 5) is 27.2. The van der Waals surface area contributed by atoms with Gasteiger partial charge in [-0.2, -0.15) is 31.9 Å². The van der Waals surface area contributed by atoms with E-state index < -0.39 is 35.4 Å². The molecular formula is C33H39ClF5N8O3+. The summed E-state index contributed by atoms with van der Waals surface area (Å²) in [5.41, 5.74) is 5.67. The van der Waals surface area contributed by atoms with Crippen LogP contribution in [0.5, 0.6) is 6.01 Å². The molecule has 1 amide bonds. The minimum absolute atomic E-state index is 0.00160. The molecule has 0 saturated carbocycles. The van der Waals surface area contributed by atoms with Crippen LogP contribution in [0.25, 0.3) is 0 Å². The van der Waals surface area contributed by atoms with Crippen LogP contribution in [0.4, 0.5) is 33.5 Å². The number of quaternary nitrogens is 1. The zero-order valence-electron chi connectivity index (χ0n) is 27.7. The molecule has 50 heavy (non-hydrogen) atoms. The molecule has 0 unspecified atom stereocenters. The van der Waals surface area contributed by atoms with Crippen LogP contribution in [0.15, 0.2) is 40.6 Å². The first-order chi connectivity index (χ1) is 23.7. The number of halogens is 6. The highest BCUT2D eigenvalue weighted by molar-refractivity contribution is 6.58. The van der Waals surface area contributed by atoms with Crippen molar-refractivity contribution in [3.05, 3.63) is 63.0 Å². The van der Waals surface area contributed by atoms with Crippen molar-refractivity contribution in [3.8, 4) is 6.01 Å². The predicted octanol–water partition coefficient (Wildman–Crippen LogP) is 3.99. The van der Waals surface area contributed by atoms with E-state index in [1.807, 2.05) is 15.1 Å². The number of hydrogen-bond donors (Lipinski definition) is 3. The normalized spacial score (nSPS) is 23.6. The van der Waals surface area contributed by atoms with Crippen LogP contribution in [-0.4, -0.2) is 90.4 Å². The van der Waals surface area contributed by atoms with Crippen LogP contribution in [0.3, 0.4) is 0 Å². The molecule has 0 radical (unpaired) electrons. The lowest BCUT2D eigenvalue weighted by Crippen LogP contribution is -2.83. The lowest BCUT2D eigenvalue weighted by Gasteiger charge is -2.33. The number of aromatic nitrogens is 2. The fraction of sp³-hybridized carbons (Fsp3) is 0.515. The van der Waals surface area contributed by atoms with Crippen LogP contribution in [0.2, 0.25) is 0 Å². The molecule has 5 heterocycles. The SMILES string of the molecule is CN(C)C(=O)C(=N)/C(Cl)=C1/CN(c2nc(OC[C@@]34CCCN3CC(=C(F)F)C4)nc3c2CO[C@H](c2cc(N)ccc2C(F)(F)F)C3)CCC[NH2+]1. The average molecular weight is 726 g/mol. The van der Waals surface area contributed by atoms with E-state index in [-0.39, 0.29) is 72.7 Å². The van der Waals surface area contributed by atoms with Gasteiger partial charge in [0.2, 0.25) is 0 Å². The number of nitrogens with zero attached hydrogens (tertiary/aromatic N) is 5. The standard InChI is InChI=1S/C33H38ClF5N8O3/c1-45(2)30(48)27(41)26(34)24-15-46(9-4-8-42-24)29-21-16-49-25(20-11-19(40)5-6-22(20)33(37,38)39)12-23(21)43-31(44-29)50-17-32-7-3-10-47(32)14-18(13-32)28(35)36/h5-6,11,25,41-42H,3-4,7-10,12-17,40H2,1-2H3/p+1/b26-24+,41-27?/t25-,32-/m0/s1. The van der Waals surface area contributed by atoms with Crippen LogP contribution >= 0.6 is 11.6 Å². The molecule has 5 N–H and O–H groups in total. The number of benzene rings is 1. The molecule has 17 heteroatoms. The summed E-state index contributed by atoms with van der Waals surface area (Å²) in [5, 5.41) is 10.3. The molecule has 1 aromatic carbocycles. The summed E-state index contributed by atoms with van der Waals surface area (Å²) in [6.07, 6.45) is -5.10. The van der Waals surface area contributed by atoms with Gasteiger partial charge in [-0.25, -0.2) is 0 Å². The third-order valence-electron chi connectivity index (χ3n) is 9.79. The predicted molar refractivity (Wildman–Crippen MR) is 175 cm³/mol. The zero-order valence-corrected chi connectivity index (χ0v) is 28.4. The Morgan fingerprint density at radius 2 is 2.00 bits per heavy atom. The van der Waals surface area contributed by atoms with Crippen molar-refractivity contribution in [1.29, 1.82) is 5.41 Å². The lowest BCUT2D eigenvalue weighted by atomic mass is 9.94. The number of alkyl halides is 3. The fourth-order valence-corrected chi connectivity index (χ4v) is 7.47. The molecule has 11 nitrogen and oxygen atoms in total. The number of nitrogens with two attached hydrogens (primary N) is 2. The Bertz CT molecular complexity index is 1750. The first-order valence-electron chi connectivity index (χ1n) is 16.3. The van der Waals surface area contributed by atoms with Crippen LogP contribution < -0.4 is 20.7 Å². The zero-order chi connectivity index (χ0) is 36.0. The quantitative estimate of drug-likeness (QED) is 0.222. The molecule has 2 atom stereocenters. The topological polar surface area (TPSA) is 138 Å². The van der Waals surface area contributed by atoms with Crippen molar-refractivity contribution in [3.63, 3.8) is 0 Å². The minimum atomic E-state index is -4.65. The smallest absolute Gasteiger partial charge is 0.416 e. The Morgan fingerprint density at radius 3 is 2.72 bits per heavy atom. The van der Waals surface area contributed by atoms with Crippen molar-refractivity contribution >= 4 is 34.7 Å². The Hall–Kier alpha value is -3.86. The largest absolute Gasteiger partial charge is 0.461 e. The van der Waals surface area contributed by atoms with Crippen molar-refractivity contribution in [2.45, 2.75) is 56.5 Å². The Balaban J connectivity index is 1.38.